The number of carbonyl (C=O) groups is 1. The van der Waals surface area contributed by atoms with Gasteiger partial charge in [-0.25, -0.2) is 4.79 Å². The van der Waals surface area contributed by atoms with Gasteiger partial charge in [0.1, 0.15) is 0 Å². The van der Waals surface area contributed by atoms with Crippen molar-refractivity contribution in [3.8, 4) is 0 Å². The highest BCUT2D eigenvalue weighted by molar-refractivity contribution is 5.87. The first-order valence-corrected chi connectivity index (χ1v) is 7.55. The minimum absolute atomic E-state index is 0.327. The molecular formula is C18H22N2O2. The number of hydrogen-bond donors (Lipinski definition) is 1. The van der Waals surface area contributed by atoms with Crippen LogP contribution in [-0.2, 0) is 13.1 Å². The molecule has 4 nitrogen and oxygen atoms in total. The standard InChI is InChI=1S/C18H22N2O2/c1-3-14(2)20(13-16-8-10-19-11-9-16)12-15-4-6-17(7-5-15)18(21)22/h4-11,14H,3,12-13H2,1-2H3,(H,21,22). The number of nitrogens with zero attached hydrogens (tertiary/aromatic N) is 2. The molecule has 22 heavy (non-hydrogen) atoms. The van der Waals surface area contributed by atoms with Crippen molar-refractivity contribution < 1.29 is 9.90 Å². The van der Waals surface area contributed by atoms with Crippen LogP contribution in [0.2, 0.25) is 0 Å². The molecule has 116 valence electrons. The Morgan fingerprint density at radius 3 is 2.14 bits per heavy atom. The van der Waals surface area contributed by atoms with E-state index >= 15 is 0 Å². The van der Waals surface area contributed by atoms with Gasteiger partial charge in [-0.2, -0.15) is 0 Å². The van der Waals surface area contributed by atoms with Gasteiger partial charge in [0.05, 0.1) is 5.56 Å². The summed E-state index contributed by atoms with van der Waals surface area (Å²) >= 11 is 0. The van der Waals surface area contributed by atoms with Gasteiger partial charge in [0.2, 0.25) is 0 Å². The zero-order chi connectivity index (χ0) is 15.9. The smallest absolute Gasteiger partial charge is 0.335 e. The second-order valence-electron chi connectivity index (χ2n) is 5.52. The summed E-state index contributed by atoms with van der Waals surface area (Å²) in [6, 6.07) is 11.6. The molecule has 0 aliphatic heterocycles. The molecule has 1 atom stereocenters. The van der Waals surface area contributed by atoms with Crippen LogP contribution in [0.3, 0.4) is 0 Å². The second-order valence-corrected chi connectivity index (χ2v) is 5.52. The van der Waals surface area contributed by atoms with Gasteiger partial charge >= 0.3 is 5.97 Å². The molecule has 0 radical (unpaired) electrons. The number of aromatic nitrogens is 1. The van der Waals surface area contributed by atoms with Crippen molar-refractivity contribution in [2.75, 3.05) is 0 Å². The molecule has 1 aromatic heterocycles. The molecule has 2 rings (SSSR count). The van der Waals surface area contributed by atoms with Crippen molar-refractivity contribution in [2.45, 2.75) is 39.4 Å². The molecule has 0 fully saturated rings. The van der Waals surface area contributed by atoms with Crippen LogP contribution in [0.1, 0.15) is 41.8 Å². The molecule has 0 bridgehead atoms. The largest absolute Gasteiger partial charge is 0.478 e. The minimum atomic E-state index is -0.887. The van der Waals surface area contributed by atoms with E-state index in [0.717, 1.165) is 25.1 Å². The summed E-state index contributed by atoms with van der Waals surface area (Å²) in [5.74, 6) is -0.887. The summed E-state index contributed by atoms with van der Waals surface area (Å²) < 4.78 is 0. The van der Waals surface area contributed by atoms with Crippen LogP contribution >= 0.6 is 0 Å². The highest BCUT2D eigenvalue weighted by Gasteiger charge is 2.13. The van der Waals surface area contributed by atoms with Gasteiger partial charge in [0.25, 0.3) is 0 Å². The molecule has 0 aliphatic carbocycles. The highest BCUT2D eigenvalue weighted by atomic mass is 16.4. The molecule has 1 aromatic carbocycles. The number of carboxylic acids is 1. The molecule has 0 amide bonds. The summed E-state index contributed by atoms with van der Waals surface area (Å²) in [7, 11) is 0. The van der Waals surface area contributed by atoms with Gasteiger partial charge in [0.15, 0.2) is 0 Å². The van der Waals surface area contributed by atoms with Gasteiger partial charge in [-0.05, 0) is 48.7 Å². The third-order valence-corrected chi connectivity index (χ3v) is 3.94. The first-order valence-electron chi connectivity index (χ1n) is 7.55. The Morgan fingerprint density at radius 2 is 1.64 bits per heavy atom. The Morgan fingerprint density at radius 1 is 1.09 bits per heavy atom. The lowest BCUT2D eigenvalue weighted by Gasteiger charge is -2.28. The van der Waals surface area contributed by atoms with E-state index < -0.39 is 5.97 Å². The van der Waals surface area contributed by atoms with Crippen LogP contribution < -0.4 is 0 Å². The van der Waals surface area contributed by atoms with Crippen LogP contribution in [0.25, 0.3) is 0 Å². The lowest BCUT2D eigenvalue weighted by atomic mass is 10.1. The van der Waals surface area contributed by atoms with E-state index in [1.165, 1.54) is 5.56 Å². The fourth-order valence-electron chi connectivity index (χ4n) is 2.34. The molecule has 0 spiro atoms. The van der Waals surface area contributed by atoms with E-state index in [9.17, 15) is 4.79 Å². The molecule has 0 saturated heterocycles. The van der Waals surface area contributed by atoms with Crippen molar-refractivity contribution >= 4 is 5.97 Å². The molecule has 0 saturated carbocycles. The Bertz CT molecular complexity index is 596. The van der Waals surface area contributed by atoms with Crippen molar-refractivity contribution in [3.63, 3.8) is 0 Å². The average Bonchev–Trinajstić information content (AvgIpc) is 2.55. The number of hydrogen-bond acceptors (Lipinski definition) is 3. The zero-order valence-electron chi connectivity index (χ0n) is 13.1. The van der Waals surface area contributed by atoms with Crippen LogP contribution in [-0.4, -0.2) is 27.0 Å². The van der Waals surface area contributed by atoms with Crippen LogP contribution in [0.5, 0.6) is 0 Å². The predicted molar refractivity (Wildman–Crippen MR) is 86.6 cm³/mol. The highest BCUT2D eigenvalue weighted by Crippen LogP contribution is 2.15. The molecular weight excluding hydrogens is 276 g/mol. The van der Waals surface area contributed by atoms with Crippen molar-refractivity contribution in [1.29, 1.82) is 0 Å². The SMILES string of the molecule is CCC(C)N(Cc1ccncc1)Cc1ccc(C(=O)O)cc1. The molecule has 1 unspecified atom stereocenters. The van der Waals surface area contributed by atoms with Gasteiger partial charge < -0.3 is 5.11 Å². The third kappa shape index (κ3) is 4.40. The van der Waals surface area contributed by atoms with Crippen molar-refractivity contribution in [3.05, 3.63) is 65.5 Å². The van der Waals surface area contributed by atoms with E-state index in [-0.39, 0.29) is 0 Å². The summed E-state index contributed by atoms with van der Waals surface area (Å²) in [6.07, 6.45) is 4.69. The maximum atomic E-state index is 10.9. The van der Waals surface area contributed by atoms with E-state index in [1.807, 2.05) is 36.7 Å². The number of carboxylic acid groups (broad SMARTS) is 1. The predicted octanol–water partition coefficient (Wildman–Crippen LogP) is 3.58. The summed E-state index contributed by atoms with van der Waals surface area (Å²) in [4.78, 5) is 17.4. The fraction of sp³-hybridized carbons (Fsp3) is 0.333. The molecule has 0 aliphatic rings. The van der Waals surface area contributed by atoms with Gasteiger partial charge in [0, 0.05) is 31.5 Å². The Balaban J connectivity index is 2.11. The first kappa shape index (κ1) is 16.2. The third-order valence-electron chi connectivity index (χ3n) is 3.94. The molecule has 4 heteroatoms. The van der Waals surface area contributed by atoms with E-state index in [0.29, 0.717) is 11.6 Å². The van der Waals surface area contributed by atoms with E-state index in [2.05, 4.69) is 23.7 Å². The molecule has 2 aromatic rings. The average molecular weight is 298 g/mol. The number of benzene rings is 1. The van der Waals surface area contributed by atoms with Crippen molar-refractivity contribution in [1.82, 2.24) is 9.88 Å². The van der Waals surface area contributed by atoms with Gasteiger partial charge in [-0.3, -0.25) is 9.88 Å². The minimum Gasteiger partial charge on any atom is -0.478 e. The molecule has 1 heterocycles. The van der Waals surface area contributed by atoms with Crippen LogP contribution in [0.15, 0.2) is 48.8 Å². The first-order chi connectivity index (χ1) is 10.6. The summed E-state index contributed by atoms with van der Waals surface area (Å²) in [5, 5.41) is 8.96. The Labute approximate surface area is 131 Å². The molecule has 1 N–H and O–H groups in total. The zero-order valence-corrected chi connectivity index (χ0v) is 13.1. The van der Waals surface area contributed by atoms with E-state index in [1.54, 1.807) is 12.1 Å². The topological polar surface area (TPSA) is 53.4 Å². The number of pyridine rings is 1. The van der Waals surface area contributed by atoms with Crippen LogP contribution in [0.4, 0.5) is 0 Å². The van der Waals surface area contributed by atoms with Gasteiger partial charge in [-0.15, -0.1) is 0 Å². The maximum Gasteiger partial charge on any atom is 0.335 e. The number of aromatic carboxylic acids is 1. The normalized spacial score (nSPS) is 12.3. The van der Waals surface area contributed by atoms with Gasteiger partial charge in [-0.1, -0.05) is 19.1 Å². The monoisotopic (exact) mass is 298 g/mol. The summed E-state index contributed by atoms with van der Waals surface area (Å²) in [6.45, 7) is 6.06. The second kappa shape index (κ2) is 7.71. The lowest BCUT2D eigenvalue weighted by Crippen LogP contribution is -2.31. The quantitative estimate of drug-likeness (QED) is 0.849. The Hall–Kier alpha value is -2.20. The van der Waals surface area contributed by atoms with Crippen LogP contribution in [0, 0.1) is 0 Å². The Kier molecular flexibility index (Phi) is 5.67. The fourth-order valence-corrected chi connectivity index (χ4v) is 2.34. The maximum absolute atomic E-state index is 10.9. The summed E-state index contributed by atoms with van der Waals surface area (Å²) in [5.41, 5.74) is 2.68. The lowest BCUT2D eigenvalue weighted by molar-refractivity contribution is 0.0697. The van der Waals surface area contributed by atoms with Crippen molar-refractivity contribution in [2.24, 2.45) is 0 Å². The van der Waals surface area contributed by atoms with E-state index in [4.69, 9.17) is 5.11 Å². The number of rotatable bonds is 7.